The third-order valence-corrected chi connectivity index (χ3v) is 9.31. The monoisotopic (exact) mass is 378 g/mol. The van der Waals surface area contributed by atoms with Crippen LogP contribution < -0.4 is 0 Å². The maximum Gasteiger partial charge on any atom is 0.328 e. The number of allylic oxidation sites excluding steroid dienone is 5. The summed E-state index contributed by atoms with van der Waals surface area (Å²) in [6.07, 6.45) is 20.2. The Balaban J connectivity index is 0.906. The third-order valence-electron chi connectivity index (χ3n) is 9.31. The van der Waals surface area contributed by atoms with Crippen LogP contribution in [0.3, 0.4) is 0 Å². The van der Waals surface area contributed by atoms with Crippen LogP contribution in [0.15, 0.2) is 36.5 Å². The first-order chi connectivity index (χ1) is 13.6. The molecule has 0 amide bonds. The van der Waals surface area contributed by atoms with E-state index in [9.17, 15) is 4.79 Å². The molecule has 0 bridgehead atoms. The molecule has 2 heteroatoms. The Kier molecular flexibility index (Phi) is 3.97. The van der Waals surface area contributed by atoms with Crippen molar-refractivity contribution in [2.75, 3.05) is 0 Å². The van der Waals surface area contributed by atoms with Gasteiger partial charge in [-0.25, -0.2) is 4.79 Å². The van der Waals surface area contributed by atoms with Crippen LogP contribution in [-0.2, 0) is 4.79 Å². The van der Waals surface area contributed by atoms with Gasteiger partial charge < -0.3 is 5.11 Å². The zero-order valence-corrected chi connectivity index (χ0v) is 17.0. The van der Waals surface area contributed by atoms with E-state index in [0.29, 0.717) is 0 Å². The van der Waals surface area contributed by atoms with E-state index in [1.807, 2.05) is 6.08 Å². The molecule has 6 fully saturated rings. The minimum absolute atomic E-state index is 0.793. The summed E-state index contributed by atoms with van der Waals surface area (Å²) in [5.74, 6) is 12.1. The number of carboxylic acid groups (broad SMARTS) is 1. The van der Waals surface area contributed by atoms with Crippen molar-refractivity contribution in [2.45, 2.75) is 45.4 Å². The van der Waals surface area contributed by atoms with Gasteiger partial charge in [0.1, 0.15) is 0 Å². The first-order valence-electron chi connectivity index (χ1n) is 11.9. The number of aliphatic carboxylic acids is 1. The summed E-state index contributed by atoms with van der Waals surface area (Å²) in [5.41, 5.74) is 0. The second-order valence-corrected chi connectivity index (χ2v) is 11.2. The van der Waals surface area contributed by atoms with Crippen LogP contribution in [-0.4, -0.2) is 11.1 Å². The highest BCUT2D eigenvalue weighted by molar-refractivity contribution is 5.80. The number of rotatable bonds is 9. The van der Waals surface area contributed by atoms with E-state index in [1.54, 1.807) is 37.8 Å². The average Bonchev–Trinajstić information content (AvgIpc) is 3.46. The normalized spacial score (nSPS) is 55.8. The molecule has 0 spiro atoms. The smallest absolute Gasteiger partial charge is 0.328 e. The topological polar surface area (TPSA) is 37.3 Å². The van der Waals surface area contributed by atoms with Gasteiger partial charge in [-0.05, 0) is 110 Å². The Morgan fingerprint density at radius 3 is 1.61 bits per heavy atom. The fourth-order valence-electron chi connectivity index (χ4n) is 7.25. The molecule has 6 aliphatic rings. The highest BCUT2D eigenvalue weighted by Gasteiger charge is 2.67. The van der Waals surface area contributed by atoms with Crippen LogP contribution in [0.25, 0.3) is 0 Å². The summed E-state index contributed by atoms with van der Waals surface area (Å²) in [7, 11) is 0. The molecular weight excluding hydrogens is 344 g/mol. The summed E-state index contributed by atoms with van der Waals surface area (Å²) in [6, 6.07) is 0. The van der Waals surface area contributed by atoms with Crippen molar-refractivity contribution in [3.8, 4) is 0 Å². The predicted molar refractivity (Wildman–Crippen MR) is 110 cm³/mol. The molecule has 6 rings (SSSR count). The lowest BCUT2D eigenvalue weighted by molar-refractivity contribution is -0.131. The lowest BCUT2D eigenvalue weighted by Crippen LogP contribution is -1.97. The van der Waals surface area contributed by atoms with E-state index in [4.69, 9.17) is 5.11 Å². The van der Waals surface area contributed by atoms with Crippen molar-refractivity contribution in [1.29, 1.82) is 0 Å². The number of hydrogen-bond acceptors (Lipinski definition) is 1. The van der Waals surface area contributed by atoms with E-state index < -0.39 is 5.97 Å². The second-order valence-electron chi connectivity index (χ2n) is 11.2. The molecule has 2 nitrogen and oxygen atoms in total. The molecular formula is C26H34O2. The van der Waals surface area contributed by atoms with Crippen LogP contribution in [0.4, 0.5) is 0 Å². The van der Waals surface area contributed by atoms with Crippen molar-refractivity contribution >= 4 is 5.97 Å². The van der Waals surface area contributed by atoms with Gasteiger partial charge in [-0.15, -0.1) is 0 Å². The van der Waals surface area contributed by atoms with Crippen molar-refractivity contribution in [3.05, 3.63) is 36.5 Å². The number of hydrogen-bond donors (Lipinski definition) is 1. The molecule has 150 valence electrons. The molecule has 0 heterocycles. The van der Waals surface area contributed by atoms with E-state index in [-0.39, 0.29) is 0 Å². The molecule has 0 saturated heterocycles. The number of carboxylic acids is 1. The minimum atomic E-state index is -0.888. The standard InChI is InChI=1S/C26H34O2/c1-14-8-16(14)18-10-20(18)22-12-24(22)25-13-23(25)21-11-19(21)17-9-15(17)6-4-2-3-5-7-26(27)28/h2-7,14-25H,8-13H2,1H3,(H,27,28). The molecule has 28 heavy (non-hydrogen) atoms. The summed E-state index contributed by atoms with van der Waals surface area (Å²) in [4.78, 5) is 10.4. The predicted octanol–water partition coefficient (Wildman–Crippen LogP) is 5.58. The van der Waals surface area contributed by atoms with Gasteiger partial charge in [-0.2, -0.15) is 0 Å². The van der Waals surface area contributed by atoms with E-state index in [0.717, 1.165) is 71.0 Å². The molecule has 0 aromatic rings. The lowest BCUT2D eigenvalue weighted by Gasteiger charge is -2.00. The van der Waals surface area contributed by atoms with Crippen molar-refractivity contribution in [2.24, 2.45) is 71.0 Å². The maximum atomic E-state index is 10.4. The quantitative estimate of drug-likeness (QED) is 0.420. The van der Waals surface area contributed by atoms with E-state index in [1.165, 1.54) is 18.9 Å². The highest BCUT2D eigenvalue weighted by Crippen LogP contribution is 2.74. The van der Waals surface area contributed by atoms with Gasteiger partial charge in [0.15, 0.2) is 0 Å². The second kappa shape index (κ2) is 6.34. The molecule has 0 radical (unpaired) electrons. The molecule has 12 unspecified atom stereocenters. The lowest BCUT2D eigenvalue weighted by atomic mass is 10.0. The van der Waals surface area contributed by atoms with Crippen LogP contribution in [0.1, 0.15) is 45.4 Å². The van der Waals surface area contributed by atoms with Gasteiger partial charge in [0.05, 0.1) is 0 Å². The third kappa shape index (κ3) is 3.42. The van der Waals surface area contributed by atoms with Crippen molar-refractivity contribution in [1.82, 2.24) is 0 Å². The molecule has 0 aromatic carbocycles. The Bertz CT molecular complexity index is 748. The summed E-state index contributed by atoms with van der Waals surface area (Å²) >= 11 is 0. The minimum Gasteiger partial charge on any atom is -0.478 e. The van der Waals surface area contributed by atoms with Gasteiger partial charge in [0.2, 0.25) is 0 Å². The van der Waals surface area contributed by atoms with Crippen molar-refractivity contribution in [3.63, 3.8) is 0 Å². The average molecular weight is 379 g/mol. The Morgan fingerprint density at radius 2 is 1.11 bits per heavy atom. The van der Waals surface area contributed by atoms with E-state index in [2.05, 4.69) is 19.1 Å². The largest absolute Gasteiger partial charge is 0.478 e. The fraction of sp³-hybridized carbons (Fsp3) is 0.731. The summed E-state index contributed by atoms with van der Waals surface area (Å²) in [6.45, 7) is 2.46. The maximum absolute atomic E-state index is 10.4. The van der Waals surface area contributed by atoms with Crippen LogP contribution in [0.2, 0.25) is 0 Å². The highest BCUT2D eigenvalue weighted by atomic mass is 16.4. The van der Waals surface area contributed by atoms with Crippen LogP contribution >= 0.6 is 0 Å². The molecule has 6 aliphatic carbocycles. The van der Waals surface area contributed by atoms with Crippen LogP contribution in [0, 0.1) is 71.0 Å². The van der Waals surface area contributed by atoms with Gasteiger partial charge in [-0.1, -0.05) is 37.3 Å². The molecule has 1 N–H and O–H groups in total. The zero-order valence-electron chi connectivity index (χ0n) is 17.0. The zero-order chi connectivity index (χ0) is 19.0. The molecule has 0 aliphatic heterocycles. The van der Waals surface area contributed by atoms with Crippen LogP contribution in [0.5, 0.6) is 0 Å². The molecule has 12 atom stereocenters. The van der Waals surface area contributed by atoms with Gasteiger partial charge in [0, 0.05) is 6.08 Å². The first-order valence-corrected chi connectivity index (χ1v) is 11.9. The van der Waals surface area contributed by atoms with Crippen molar-refractivity contribution < 1.29 is 9.90 Å². The molecule has 0 aromatic heterocycles. The SMILES string of the molecule is CC1CC1C1CC1C1CC1C1CC1C1CC1C1CC1C=CC=CC=CC(=O)O. The summed E-state index contributed by atoms with van der Waals surface area (Å²) in [5, 5.41) is 8.55. The van der Waals surface area contributed by atoms with Gasteiger partial charge in [-0.3, -0.25) is 0 Å². The number of carbonyl (C=O) groups is 1. The summed E-state index contributed by atoms with van der Waals surface area (Å²) < 4.78 is 0. The first kappa shape index (κ1) is 17.5. The van der Waals surface area contributed by atoms with Gasteiger partial charge >= 0.3 is 5.97 Å². The van der Waals surface area contributed by atoms with Gasteiger partial charge in [0.25, 0.3) is 0 Å². The fourth-order valence-corrected chi connectivity index (χ4v) is 7.25. The Morgan fingerprint density at radius 1 is 0.643 bits per heavy atom. The Labute approximate surface area is 169 Å². The Hall–Kier alpha value is -1.31. The van der Waals surface area contributed by atoms with E-state index >= 15 is 0 Å². The molecule has 6 saturated carbocycles.